The summed E-state index contributed by atoms with van der Waals surface area (Å²) in [4.78, 5) is 33.2. The van der Waals surface area contributed by atoms with Crippen molar-refractivity contribution in [3.8, 4) is 0 Å². The fourth-order valence-corrected chi connectivity index (χ4v) is 1.80. The van der Waals surface area contributed by atoms with Crippen LogP contribution in [0.25, 0.3) is 0 Å². The molecule has 7 heteroatoms. The average molecular weight is 330 g/mol. The van der Waals surface area contributed by atoms with Gasteiger partial charge in [-0.3, -0.25) is 9.59 Å². The SMILES string of the molecule is O=C(O)CCC(NC(=O)c1cccc(Br)c1)C(=O)O. The molecule has 0 heterocycles. The van der Waals surface area contributed by atoms with Crippen molar-refractivity contribution in [2.45, 2.75) is 18.9 Å². The second-order valence-electron chi connectivity index (χ2n) is 3.81. The van der Waals surface area contributed by atoms with E-state index < -0.39 is 23.9 Å². The van der Waals surface area contributed by atoms with Gasteiger partial charge in [0, 0.05) is 16.5 Å². The van der Waals surface area contributed by atoms with Gasteiger partial charge in [-0.2, -0.15) is 0 Å². The smallest absolute Gasteiger partial charge is 0.326 e. The van der Waals surface area contributed by atoms with Crippen LogP contribution in [0, 0.1) is 0 Å². The molecule has 0 aliphatic carbocycles. The van der Waals surface area contributed by atoms with Crippen LogP contribution < -0.4 is 5.32 Å². The molecule has 19 heavy (non-hydrogen) atoms. The van der Waals surface area contributed by atoms with Crippen LogP contribution in [-0.4, -0.2) is 34.1 Å². The lowest BCUT2D eigenvalue weighted by Crippen LogP contribution is -2.41. The van der Waals surface area contributed by atoms with Crippen LogP contribution in [0.2, 0.25) is 0 Å². The Bertz CT molecular complexity index is 503. The summed E-state index contributed by atoms with van der Waals surface area (Å²) in [6.45, 7) is 0. The van der Waals surface area contributed by atoms with E-state index in [-0.39, 0.29) is 12.8 Å². The summed E-state index contributed by atoms with van der Waals surface area (Å²) >= 11 is 3.20. The first-order chi connectivity index (χ1) is 8.90. The highest BCUT2D eigenvalue weighted by atomic mass is 79.9. The van der Waals surface area contributed by atoms with E-state index >= 15 is 0 Å². The summed E-state index contributed by atoms with van der Waals surface area (Å²) in [7, 11) is 0. The van der Waals surface area contributed by atoms with Gasteiger partial charge >= 0.3 is 11.9 Å². The maximum Gasteiger partial charge on any atom is 0.326 e. The monoisotopic (exact) mass is 329 g/mol. The minimum atomic E-state index is -1.26. The van der Waals surface area contributed by atoms with Gasteiger partial charge in [-0.25, -0.2) is 4.79 Å². The van der Waals surface area contributed by atoms with E-state index in [0.717, 1.165) is 0 Å². The Morgan fingerprint density at radius 2 is 1.95 bits per heavy atom. The summed E-state index contributed by atoms with van der Waals surface area (Å²) in [5.74, 6) is -2.92. The summed E-state index contributed by atoms with van der Waals surface area (Å²) in [6.07, 6.45) is -0.486. The largest absolute Gasteiger partial charge is 0.481 e. The summed E-state index contributed by atoms with van der Waals surface area (Å²) in [5, 5.41) is 19.7. The molecule has 6 nitrogen and oxygen atoms in total. The van der Waals surface area contributed by atoms with E-state index in [0.29, 0.717) is 10.0 Å². The molecule has 0 saturated heterocycles. The Labute approximate surface area is 117 Å². The lowest BCUT2D eigenvalue weighted by atomic mass is 10.1. The number of benzene rings is 1. The normalized spacial score (nSPS) is 11.6. The molecule has 0 aromatic heterocycles. The van der Waals surface area contributed by atoms with Crippen molar-refractivity contribution in [1.29, 1.82) is 0 Å². The molecule has 1 atom stereocenters. The zero-order chi connectivity index (χ0) is 14.4. The van der Waals surface area contributed by atoms with E-state index in [9.17, 15) is 14.4 Å². The minimum Gasteiger partial charge on any atom is -0.481 e. The number of halogens is 1. The van der Waals surface area contributed by atoms with Gasteiger partial charge in [0.2, 0.25) is 0 Å². The summed E-state index contributed by atoms with van der Waals surface area (Å²) in [6, 6.07) is 5.24. The first-order valence-corrected chi connectivity index (χ1v) is 6.20. The molecule has 0 saturated carbocycles. The fraction of sp³-hybridized carbons (Fsp3) is 0.250. The van der Waals surface area contributed by atoms with Gasteiger partial charge in [-0.15, -0.1) is 0 Å². The lowest BCUT2D eigenvalue weighted by Gasteiger charge is -2.13. The number of carboxylic acid groups (broad SMARTS) is 2. The fourth-order valence-electron chi connectivity index (χ4n) is 1.40. The molecular formula is C12H12BrNO5. The predicted molar refractivity (Wildman–Crippen MR) is 69.9 cm³/mol. The topological polar surface area (TPSA) is 104 Å². The number of carbonyl (C=O) groups is 3. The van der Waals surface area contributed by atoms with Gasteiger partial charge in [0.1, 0.15) is 6.04 Å². The molecule has 1 unspecified atom stereocenters. The first kappa shape index (κ1) is 15.2. The number of amides is 1. The Balaban J connectivity index is 2.71. The molecule has 0 radical (unpaired) electrons. The van der Waals surface area contributed by atoms with Gasteiger partial charge < -0.3 is 15.5 Å². The van der Waals surface area contributed by atoms with Crippen LogP contribution in [0.4, 0.5) is 0 Å². The third-order valence-electron chi connectivity index (χ3n) is 2.34. The predicted octanol–water partition coefficient (Wildman–Crippen LogP) is 1.50. The standard InChI is InChI=1S/C12H12BrNO5/c13-8-3-1-2-7(6-8)11(17)14-9(12(18)19)4-5-10(15)16/h1-3,6,9H,4-5H2,(H,14,17)(H,15,16)(H,18,19). The van der Waals surface area contributed by atoms with Crippen LogP contribution >= 0.6 is 15.9 Å². The van der Waals surface area contributed by atoms with Crippen molar-refractivity contribution in [3.05, 3.63) is 34.3 Å². The number of carboxylic acids is 2. The third kappa shape index (κ3) is 5.09. The Morgan fingerprint density at radius 3 is 2.47 bits per heavy atom. The molecule has 1 aromatic carbocycles. The zero-order valence-electron chi connectivity index (χ0n) is 9.80. The van der Waals surface area contributed by atoms with E-state index in [1.807, 2.05) is 0 Å². The summed E-state index contributed by atoms with van der Waals surface area (Å²) in [5.41, 5.74) is 0.302. The second kappa shape index (κ2) is 6.89. The molecule has 1 aromatic rings. The quantitative estimate of drug-likeness (QED) is 0.733. The van der Waals surface area contributed by atoms with Gasteiger partial charge in [0.05, 0.1) is 0 Å². The van der Waals surface area contributed by atoms with Crippen LogP contribution in [-0.2, 0) is 9.59 Å². The van der Waals surface area contributed by atoms with Gasteiger partial charge in [-0.1, -0.05) is 22.0 Å². The zero-order valence-corrected chi connectivity index (χ0v) is 11.4. The second-order valence-corrected chi connectivity index (χ2v) is 4.72. The molecule has 0 aliphatic rings. The summed E-state index contributed by atoms with van der Waals surface area (Å²) < 4.78 is 0.692. The van der Waals surface area contributed by atoms with Crippen LogP contribution in [0.5, 0.6) is 0 Å². The molecule has 0 bridgehead atoms. The highest BCUT2D eigenvalue weighted by Gasteiger charge is 2.21. The van der Waals surface area contributed by atoms with Crippen molar-refractivity contribution < 1.29 is 24.6 Å². The van der Waals surface area contributed by atoms with Crippen molar-refractivity contribution in [3.63, 3.8) is 0 Å². The van der Waals surface area contributed by atoms with Crippen molar-refractivity contribution in [1.82, 2.24) is 5.32 Å². The molecule has 1 rings (SSSR count). The van der Waals surface area contributed by atoms with Crippen molar-refractivity contribution in [2.75, 3.05) is 0 Å². The lowest BCUT2D eigenvalue weighted by molar-refractivity contribution is -0.140. The number of rotatable bonds is 6. The number of hydrogen-bond donors (Lipinski definition) is 3. The van der Waals surface area contributed by atoms with Crippen LogP contribution in [0.1, 0.15) is 23.2 Å². The van der Waals surface area contributed by atoms with Gasteiger partial charge in [0.15, 0.2) is 0 Å². The molecule has 0 spiro atoms. The molecule has 1 amide bonds. The maximum absolute atomic E-state index is 11.8. The van der Waals surface area contributed by atoms with Crippen molar-refractivity contribution in [2.24, 2.45) is 0 Å². The first-order valence-electron chi connectivity index (χ1n) is 5.41. The van der Waals surface area contributed by atoms with Crippen LogP contribution in [0.3, 0.4) is 0 Å². The van der Waals surface area contributed by atoms with E-state index in [2.05, 4.69) is 21.2 Å². The number of hydrogen-bond acceptors (Lipinski definition) is 3. The number of carbonyl (C=O) groups excluding carboxylic acids is 1. The maximum atomic E-state index is 11.8. The van der Waals surface area contributed by atoms with E-state index in [1.54, 1.807) is 18.2 Å². The molecule has 3 N–H and O–H groups in total. The van der Waals surface area contributed by atoms with Crippen LogP contribution in [0.15, 0.2) is 28.7 Å². The van der Waals surface area contributed by atoms with Crippen molar-refractivity contribution >= 4 is 33.8 Å². The van der Waals surface area contributed by atoms with E-state index in [1.165, 1.54) is 6.07 Å². The third-order valence-corrected chi connectivity index (χ3v) is 2.83. The molecule has 0 aliphatic heterocycles. The Morgan fingerprint density at radius 1 is 1.26 bits per heavy atom. The molecule has 0 fully saturated rings. The minimum absolute atomic E-state index is 0.162. The molecule has 102 valence electrons. The Hall–Kier alpha value is -1.89. The average Bonchev–Trinajstić information content (AvgIpc) is 2.33. The van der Waals surface area contributed by atoms with E-state index in [4.69, 9.17) is 10.2 Å². The highest BCUT2D eigenvalue weighted by Crippen LogP contribution is 2.12. The number of nitrogens with one attached hydrogen (secondary N) is 1. The highest BCUT2D eigenvalue weighted by molar-refractivity contribution is 9.10. The Kier molecular flexibility index (Phi) is 5.50. The van der Waals surface area contributed by atoms with Gasteiger partial charge in [-0.05, 0) is 24.6 Å². The number of aliphatic carboxylic acids is 2. The van der Waals surface area contributed by atoms with Gasteiger partial charge in [0.25, 0.3) is 5.91 Å². The molecular weight excluding hydrogens is 318 g/mol.